The lowest BCUT2D eigenvalue weighted by Crippen LogP contribution is -2.26. The van der Waals surface area contributed by atoms with Crippen LogP contribution in [0.1, 0.15) is 25.8 Å². The van der Waals surface area contributed by atoms with Gasteiger partial charge in [0, 0.05) is 13.0 Å². The fourth-order valence-electron chi connectivity index (χ4n) is 1.56. The van der Waals surface area contributed by atoms with Crippen molar-refractivity contribution >= 4 is 5.91 Å². The maximum atomic E-state index is 11.2. The van der Waals surface area contributed by atoms with Gasteiger partial charge in [-0.15, -0.1) is 0 Å². The zero-order chi connectivity index (χ0) is 13.8. The van der Waals surface area contributed by atoms with Crippen LogP contribution in [0.3, 0.4) is 0 Å². The van der Waals surface area contributed by atoms with E-state index in [1.165, 1.54) is 12.0 Å². The Kier molecular flexibility index (Phi) is 9.97. The van der Waals surface area contributed by atoms with E-state index in [9.17, 15) is 4.79 Å². The maximum Gasteiger partial charge on any atom is 0.222 e. The van der Waals surface area contributed by atoms with Crippen molar-refractivity contribution in [2.75, 3.05) is 20.6 Å². The van der Waals surface area contributed by atoms with Crippen LogP contribution in [0.5, 0.6) is 0 Å². The van der Waals surface area contributed by atoms with Crippen molar-refractivity contribution in [2.24, 2.45) is 5.92 Å². The normalized spacial score (nSPS) is 11.1. The molecule has 1 amide bonds. The Morgan fingerprint density at radius 2 is 1.83 bits per heavy atom. The van der Waals surface area contributed by atoms with Crippen LogP contribution in [-0.4, -0.2) is 26.5 Å². The van der Waals surface area contributed by atoms with Gasteiger partial charge in [0.05, 0.1) is 0 Å². The highest BCUT2D eigenvalue weighted by Gasteiger charge is 2.10. The monoisotopic (exact) mass is 250 g/mol. The number of hydrogen-bond donors (Lipinski definition) is 2. The van der Waals surface area contributed by atoms with Gasteiger partial charge in [-0.05, 0) is 32.0 Å². The number of carbonyl (C=O) groups excluding carboxylic acids is 1. The molecule has 0 saturated carbocycles. The summed E-state index contributed by atoms with van der Waals surface area (Å²) in [6.45, 7) is 5.22. The lowest BCUT2D eigenvalue weighted by atomic mass is 10.0. The van der Waals surface area contributed by atoms with E-state index in [1.807, 2.05) is 44.3 Å². The molecule has 1 unspecified atom stereocenters. The number of hydrogen-bond acceptors (Lipinski definition) is 2. The first-order valence-corrected chi connectivity index (χ1v) is 6.55. The minimum Gasteiger partial charge on any atom is -0.359 e. The Morgan fingerprint density at radius 1 is 1.22 bits per heavy atom. The molecule has 2 N–H and O–H groups in total. The van der Waals surface area contributed by atoms with Gasteiger partial charge in [-0.25, -0.2) is 0 Å². The molecule has 0 spiro atoms. The second-order valence-electron chi connectivity index (χ2n) is 4.31. The SMILES string of the molecule is CCCNC.CNC(=O)C(C)Cc1ccccc1. The van der Waals surface area contributed by atoms with Gasteiger partial charge < -0.3 is 10.6 Å². The van der Waals surface area contributed by atoms with Crippen molar-refractivity contribution in [1.82, 2.24) is 10.6 Å². The van der Waals surface area contributed by atoms with E-state index in [4.69, 9.17) is 0 Å². The molecule has 1 aromatic carbocycles. The van der Waals surface area contributed by atoms with E-state index in [0.717, 1.165) is 13.0 Å². The van der Waals surface area contributed by atoms with Crippen LogP contribution in [0.25, 0.3) is 0 Å². The minimum absolute atomic E-state index is 0.0485. The van der Waals surface area contributed by atoms with Crippen molar-refractivity contribution < 1.29 is 4.79 Å². The second-order valence-corrected chi connectivity index (χ2v) is 4.31. The van der Waals surface area contributed by atoms with Crippen LogP contribution in [0.15, 0.2) is 30.3 Å². The summed E-state index contributed by atoms with van der Waals surface area (Å²) in [6.07, 6.45) is 2.04. The average molecular weight is 250 g/mol. The summed E-state index contributed by atoms with van der Waals surface area (Å²) in [5.74, 6) is 0.149. The van der Waals surface area contributed by atoms with Gasteiger partial charge in [0.2, 0.25) is 5.91 Å². The molecule has 18 heavy (non-hydrogen) atoms. The van der Waals surface area contributed by atoms with Crippen molar-refractivity contribution in [1.29, 1.82) is 0 Å². The first-order valence-electron chi connectivity index (χ1n) is 6.55. The lowest BCUT2D eigenvalue weighted by molar-refractivity contribution is -0.123. The number of rotatable bonds is 5. The van der Waals surface area contributed by atoms with Gasteiger partial charge in [0.25, 0.3) is 0 Å². The van der Waals surface area contributed by atoms with Crippen molar-refractivity contribution in [3.05, 3.63) is 35.9 Å². The van der Waals surface area contributed by atoms with E-state index >= 15 is 0 Å². The highest BCUT2D eigenvalue weighted by Crippen LogP contribution is 2.07. The Bertz CT molecular complexity index is 310. The summed E-state index contributed by atoms with van der Waals surface area (Å²) in [7, 11) is 3.63. The van der Waals surface area contributed by atoms with Crippen molar-refractivity contribution in [3.63, 3.8) is 0 Å². The van der Waals surface area contributed by atoms with Crippen molar-refractivity contribution in [3.8, 4) is 0 Å². The standard InChI is InChI=1S/C11H15NO.C4H11N/c1-9(11(13)12-2)8-10-6-4-3-5-7-10;1-3-4-5-2/h3-7,9H,8H2,1-2H3,(H,12,13);5H,3-4H2,1-2H3. The zero-order valence-electron chi connectivity index (χ0n) is 12.0. The van der Waals surface area contributed by atoms with E-state index in [1.54, 1.807) is 7.05 Å². The summed E-state index contributed by atoms with van der Waals surface area (Å²) in [4.78, 5) is 11.2. The van der Waals surface area contributed by atoms with Gasteiger partial charge in [-0.2, -0.15) is 0 Å². The van der Waals surface area contributed by atoms with Gasteiger partial charge >= 0.3 is 0 Å². The molecule has 0 aliphatic carbocycles. The third-order valence-electron chi connectivity index (χ3n) is 2.58. The number of nitrogens with one attached hydrogen (secondary N) is 2. The first kappa shape index (κ1) is 16.6. The summed E-state index contributed by atoms with van der Waals surface area (Å²) in [5, 5.41) is 5.66. The molecule has 0 aromatic heterocycles. The van der Waals surface area contributed by atoms with Gasteiger partial charge in [-0.1, -0.05) is 44.2 Å². The lowest BCUT2D eigenvalue weighted by Gasteiger charge is -2.09. The van der Waals surface area contributed by atoms with E-state index in [-0.39, 0.29) is 11.8 Å². The van der Waals surface area contributed by atoms with E-state index < -0.39 is 0 Å². The molecule has 0 aliphatic heterocycles. The van der Waals surface area contributed by atoms with Gasteiger partial charge in [-0.3, -0.25) is 4.79 Å². The third kappa shape index (κ3) is 7.85. The summed E-state index contributed by atoms with van der Waals surface area (Å²) >= 11 is 0. The third-order valence-corrected chi connectivity index (χ3v) is 2.58. The van der Waals surface area contributed by atoms with Gasteiger partial charge in [0.15, 0.2) is 0 Å². The minimum atomic E-state index is 0.0485. The largest absolute Gasteiger partial charge is 0.359 e. The molecule has 0 saturated heterocycles. The molecule has 0 heterocycles. The fraction of sp³-hybridized carbons (Fsp3) is 0.533. The number of amides is 1. The molecule has 3 heteroatoms. The van der Waals surface area contributed by atoms with Crippen LogP contribution in [0.2, 0.25) is 0 Å². The first-order chi connectivity index (χ1) is 8.65. The summed E-state index contributed by atoms with van der Waals surface area (Å²) < 4.78 is 0. The molecule has 3 nitrogen and oxygen atoms in total. The van der Waals surface area contributed by atoms with Crippen LogP contribution < -0.4 is 10.6 Å². The predicted molar refractivity (Wildman–Crippen MR) is 77.6 cm³/mol. The number of carbonyl (C=O) groups is 1. The molecule has 0 aliphatic rings. The van der Waals surface area contributed by atoms with Crippen LogP contribution in [-0.2, 0) is 11.2 Å². The molecule has 1 atom stereocenters. The molecule has 0 radical (unpaired) electrons. The Balaban J connectivity index is 0.000000494. The molecule has 0 bridgehead atoms. The molecule has 0 fully saturated rings. The van der Waals surface area contributed by atoms with Crippen molar-refractivity contribution in [2.45, 2.75) is 26.7 Å². The Labute approximate surface area is 111 Å². The smallest absolute Gasteiger partial charge is 0.222 e. The molecular formula is C15H26N2O. The second kappa shape index (κ2) is 10.8. The van der Waals surface area contributed by atoms with Crippen LogP contribution in [0, 0.1) is 5.92 Å². The van der Waals surface area contributed by atoms with E-state index in [2.05, 4.69) is 17.6 Å². The van der Waals surface area contributed by atoms with E-state index in [0.29, 0.717) is 0 Å². The predicted octanol–water partition coefficient (Wildman–Crippen LogP) is 2.23. The van der Waals surface area contributed by atoms with Crippen LogP contribution >= 0.6 is 0 Å². The molecule has 1 aromatic rings. The molecular weight excluding hydrogens is 224 g/mol. The molecule has 102 valence electrons. The highest BCUT2D eigenvalue weighted by atomic mass is 16.1. The maximum absolute atomic E-state index is 11.2. The zero-order valence-corrected chi connectivity index (χ0v) is 12.0. The average Bonchev–Trinajstić information content (AvgIpc) is 2.40. The summed E-state index contributed by atoms with van der Waals surface area (Å²) in [5.41, 5.74) is 1.21. The summed E-state index contributed by atoms with van der Waals surface area (Å²) in [6, 6.07) is 10.0. The van der Waals surface area contributed by atoms with Gasteiger partial charge in [0.1, 0.15) is 0 Å². The highest BCUT2D eigenvalue weighted by molar-refractivity contribution is 5.78. The number of benzene rings is 1. The quantitative estimate of drug-likeness (QED) is 0.841. The topological polar surface area (TPSA) is 41.1 Å². The Hall–Kier alpha value is -1.35. The Morgan fingerprint density at radius 3 is 2.22 bits per heavy atom. The fourth-order valence-corrected chi connectivity index (χ4v) is 1.56. The molecule has 1 rings (SSSR count). The van der Waals surface area contributed by atoms with Crippen LogP contribution in [0.4, 0.5) is 0 Å².